The first kappa shape index (κ1) is 14.5. The number of hydrogen-bond donors (Lipinski definition) is 0. The molecule has 1 fully saturated rings. The number of rotatable bonds is 8. The molecular formula is C13H26BrNO. The smallest absolute Gasteiger partial charge is 0.0593 e. The molecule has 3 heteroatoms. The quantitative estimate of drug-likeness (QED) is 0.503. The molecule has 96 valence electrons. The molecule has 1 atom stereocenters. The van der Waals surface area contributed by atoms with Gasteiger partial charge in [-0.2, -0.15) is 0 Å². The zero-order chi connectivity index (χ0) is 11.8. The molecule has 1 saturated heterocycles. The monoisotopic (exact) mass is 291 g/mol. The van der Waals surface area contributed by atoms with Gasteiger partial charge in [0.15, 0.2) is 0 Å². The van der Waals surface area contributed by atoms with Crippen LogP contribution in [-0.4, -0.2) is 43.1 Å². The number of halogens is 1. The van der Waals surface area contributed by atoms with E-state index in [1.165, 1.54) is 32.4 Å². The molecule has 0 aromatic carbocycles. The van der Waals surface area contributed by atoms with E-state index in [4.69, 9.17) is 4.74 Å². The lowest BCUT2D eigenvalue weighted by molar-refractivity contribution is 0.102. The summed E-state index contributed by atoms with van der Waals surface area (Å²) in [5, 5.41) is 1.15. The van der Waals surface area contributed by atoms with Crippen molar-refractivity contribution >= 4 is 15.9 Å². The molecule has 0 saturated carbocycles. The van der Waals surface area contributed by atoms with Gasteiger partial charge in [0, 0.05) is 25.0 Å². The third-order valence-corrected chi connectivity index (χ3v) is 3.74. The SMILES string of the molecule is CC(C)CCOCCN1CCC(CCBr)C1. The molecule has 0 aliphatic carbocycles. The first-order valence-corrected chi connectivity index (χ1v) is 7.70. The summed E-state index contributed by atoms with van der Waals surface area (Å²) < 4.78 is 5.65. The largest absolute Gasteiger partial charge is 0.380 e. The summed E-state index contributed by atoms with van der Waals surface area (Å²) in [7, 11) is 0. The van der Waals surface area contributed by atoms with Crippen LogP contribution in [0.1, 0.15) is 33.1 Å². The predicted octanol–water partition coefficient (Wildman–Crippen LogP) is 3.16. The second-order valence-electron chi connectivity index (χ2n) is 5.23. The Morgan fingerprint density at radius 3 is 2.88 bits per heavy atom. The molecule has 0 N–H and O–H groups in total. The molecule has 0 aromatic rings. The van der Waals surface area contributed by atoms with E-state index in [9.17, 15) is 0 Å². The molecule has 1 aliphatic heterocycles. The van der Waals surface area contributed by atoms with Crippen molar-refractivity contribution in [2.75, 3.05) is 38.2 Å². The summed E-state index contributed by atoms with van der Waals surface area (Å²) in [6.45, 7) is 9.99. The first-order chi connectivity index (χ1) is 7.72. The third kappa shape index (κ3) is 6.21. The van der Waals surface area contributed by atoms with Crippen LogP contribution in [0, 0.1) is 11.8 Å². The molecule has 1 heterocycles. The van der Waals surface area contributed by atoms with E-state index in [1.807, 2.05) is 0 Å². The minimum Gasteiger partial charge on any atom is -0.380 e. The van der Waals surface area contributed by atoms with Gasteiger partial charge in [-0.1, -0.05) is 29.8 Å². The van der Waals surface area contributed by atoms with Crippen LogP contribution in [0.3, 0.4) is 0 Å². The fraction of sp³-hybridized carbons (Fsp3) is 1.00. The Morgan fingerprint density at radius 2 is 2.19 bits per heavy atom. The van der Waals surface area contributed by atoms with Crippen molar-refractivity contribution in [3.63, 3.8) is 0 Å². The Balaban J connectivity index is 1.94. The standard InChI is InChI=1S/C13H26BrNO/c1-12(2)5-9-16-10-8-15-7-4-13(11-15)3-6-14/h12-13H,3-11H2,1-2H3. The van der Waals surface area contributed by atoms with Gasteiger partial charge in [0.1, 0.15) is 0 Å². The molecule has 1 rings (SSSR count). The van der Waals surface area contributed by atoms with Crippen LogP contribution in [-0.2, 0) is 4.74 Å². The highest BCUT2D eigenvalue weighted by atomic mass is 79.9. The summed E-state index contributed by atoms with van der Waals surface area (Å²) in [5.74, 6) is 1.67. The fourth-order valence-electron chi connectivity index (χ4n) is 2.12. The summed E-state index contributed by atoms with van der Waals surface area (Å²) >= 11 is 3.52. The molecule has 1 aliphatic rings. The molecular weight excluding hydrogens is 266 g/mol. The summed E-state index contributed by atoms with van der Waals surface area (Å²) in [5.41, 5.74) is 0. The molecule has 0 spiro atoms. The lowest BCUT2D eigenvalue weighted by atomic mass is 10.1. The van der Waals surface area contributed by atoms with Gasteiger partial charge >= 0.3 is 0 Å². The van der Waals surface area contributed by atoms with Crippen LogP contribution in [0.5, 0.6) is 0 Å². The van der Waals surface area contributed by atoms with Gasteiger partial charge in [0.25, 0.3) is 0 Å². The van der Waals surface area contributed by atoms with Crippen LogP contribution < -0.4 is 0 Å². The van der Waals surface area contributed by atoms with E-state index in [0.717, 1.165) is 36.9 Å². The van der Waals surface area contributed by atoms with E-state index in [1.54, 1.807) is 0 Å². The zero-order valence-electron chi connectivity index (χ0n) is 10.8. The predicted molar refractivity (Wildman–Crippen MR) is 73.2 cm³/mol. The first-order valence-electron chi connectivity index (χ1n) is 6.58. The lowest BCUT2D eigenvalue weighted by Gasteiger charge is -2.16. The van der Waals surface area contributed by atoms with Gasteiger partial charge in [0.2, 0.25) is 0 Å². The van der Waals surface area contributed by atoms with Gasteiger partial charge in [-0.15, -0.1) is 0 Å². The van der Waals surface area contributed by atoms with Crippen molar-refractivity contribution in [1.82, 2.24) is 4.90 Å². The maximum absolute atomic E-state index is 5.65. The van der Waals surface area contributed by atoms with Gasteiger partial charge < -0.3 is 9.64 Å². The average molecular weight is 292 g/mol. The maximum Gasteiger partial charge on any atom is 0.0593 e. The number of alkyl halides is 1. The minimum absolute atomic E-state index is 0.759. The van der Waals surface area contributed by atoms with E-state index in [-0.39, 0.29) is 0 Å². The highest BCUT2D eigenvalue weighted by Gasteiger charge is 2.20. The lowest BCUT2D eigenvalue weighted by Crippen LogP contribution is -2.25. The summed E-state index contributed by atoms with van der Waals surface area (Å²) in [6, 6.07) is 0. The molecule has 0 aromatic heterocycles. The molecule has 1 unspecified atom stereocenters. The van der Waals surface area contributed by atoms with Crippen LogP contribution in [0.4, 0.5) is 0 Å². The minimum atomic E-state index is 0.759. The maximum atomic E-state index is 5.65. The number of nitrogens with zero attached hydrogens (tertiary/aromatic N) is 1. The number of hydrogen-bond acceptors (Lipinski definition) is 2. The fourth-order valence-corrected chi connectivity index (χ4v) is 2.77. The van der Waals surface area contributed by atoms with Gasteiger partial charge in [-0.3, -0.25) is 0 Å². The Labute approximate surface area is 109 Å². The van der Waals surface area contributed by atoms with E-state index < -0.39 is 0 Å². The van der Waals surface area contributed by atoms with Crippen molar-refractivity contribution < 1.29 is 4.74 Å². The third-order valence-electron chi connectivity index (χ3n) is 3.28. The van der Waals surface area contributed by atoms with Crippen LogP contribution in [0.25, 0.3) is 0 Å². The second-order valence-corrected chi connectivity index (χ2v) is 6.02. The topological polar surface area (TPSA) is 12.5 Å². The highest BCUT2D eigenvalue weighted by Crippen LogP contribution is 2.19. The van der Waals surface area contributed by atoms with Crippen LogP contribution >= 0.6 is 15.9 Å². The van der Waals surface area contributed by atoms with Gasteiger partial charge in [-0.25, -0.2) is 0 Å². The normalized spacial score (nSPS) is 22.1. The Hall–Kier alpha value is 0.400. The Kier molecular flexibility index (Phi) is 7.67. The Morgan fingerprint density at radius 1 is 1.38 bits per heavy atom. The number of likely N-dealkylation sites (tertiary alicyclic amines) is 1. The number of ether oxygens (including phenoxy) is 1. The average Bonchev–Trinajstić information content (AvgIpc) is 2.65. The van der Waals surface area contributed by atoms with Crippen molar-refractivity contribution in [3.05, 3.63) is 0 Å². The van der Waals surface area contributed by atoms with Crippen molar-refractivity contribution in [3.8, 4) is 0 Å². The van der Waals surface area contributed by atoms with Crippen molar-refractivity contribution in [2.24, 2.45) is 11.8 Å². The molecule has 16 heavy (non-hydrogen) atoms. The van der Waals surface area contributed by atoms with E-state index >= 15 is 0 Å². The second kappa shape index (κ2) is 8.48. The molecule has 0 bridgehead atoms. The van der Waals surface area contributed by atoms with E-state index in [0.29, 0.717) is 0 Å². The highest BCUT2D eigenvalue weighted by molar-refractivity contribution is 9.09. The van der Waals surface area contributed by atoms with Gasteiger partial charge in [0.05, 0.1) is 6.61 Å². The van der Waals surface area contributed by atoms with Crippen LogP contribution in [0.2, 0.25) is 0 Å². The van der Waals surface area contributed by atoms with Gasteiger partial charge in [-0.05, 0) is 37.6 Å². The van der Waals surface area contributed by atoms with E-state index in [2.05, 4.69) is 34.7 Å². The zero-order valence-corrected chi connectivity index (χ0v) is 12.3. The van der Waals surface area contributed by atoms with Crippen molar-refractivity contribution in [1.29, 1.82) is 0 Å². The molecule has 2 nitrogen and oxygen atoms in total. The molecule has 0 amide bonds. The van der Waals surface area contributed by atoms with Crippen molar-refractivity contribution in [2.45, 2.75) is 33.1 Å². The Bertz CT molecular complexity index is 175. The summed E-state index contributed by atoms with van der Waals surface area (Å²) in [4.78, 5) is 2.54. The van der Waals surface area contributed by atoms with Crippen LogP contribution in [0.15, 0.2) is 0 Å². The molecule has 0 radical (unpaired) electrons. The summed E-state index contributed by atoms with van der Waals surface area (Å²) in [6.07, 6.45) is 3.88.